The maximum Gasteiger partial charge on any atom is 0.193 e. The van der Waals surface area contributed by atoms with E-state index in [2.05, 4.69) is 61.2 Å². The number of aromatic amines is 1. The maximum atomic E-state index is 4.53. The molecule has 0 spiro atoms. The summed E-state index contributed by atoms with van der Waals surface area (Å²) in [5, 5.41) is 3.51. The molecule has 2 aromatic rings. The normalized spacial score (nSPS) is 18.6. The number of aliphatic imine (C=N–C) groups is 1. The Morgan fingerprint density at radius 2 is 2.04 bits per heavy atom. The number of imidazole rings is 1. The van der Waals surface area contributed by atoms with Crippen LogP contribution in [0.25, 0.3) is 11.3 Å². The highest BCUT2D eigenvalue weighted by molar-refractivity contribution is 14.0. The number of nitrogens with zero attached hydrogens (tertiary/aromatic N) is 5. The van der Waals surface area contributed by atoms with Gasteiger partial charge in [0.1, 0.15) is 5.82 Å². The minimum absolute atomic E-state index is 0. The number of hydrogen-bond donors (Lipinski definition) is 2. The number of guanidine groups is 1. The molecule has 0 bridgehead atoms. The molecule has 1 fully saturated rings. The van der Waals surface area contributed by atoms with Crippen molar-refractivity contribution in [1.29, 1.82) is 0 Å². The molecule has 2 heterocycles. The van der Waals surface area contributed by atoms with Gasteiger partial charge in [-0.2, -0.15) is 0 Å². The van der Waals surface area contributed by atoms with Crippen LogP contribution in [0.1, 0.15) is 5.82 Å². The number of H-pyrrole nitrogens is 1. The van der Waals surface area contributed by atoms with Crippen LogP contribution in [-0.2, 0) is 6.54 Å². The zero-order valence-electron chi connectivity index (χ0n) is 17.2. The minimum atomic E-state index is 0. The Morgan fingerprint density at radius 1 is 1.29 bits per heavy atom. The SMILES string of the molecule is CN=C(NCC1CN(C)CCN1C)N(C)Cc1ncc(-c2ccccc2)[nH]1.I. The van der Waals surface area contributed by atoms with E-state index >= 15 is 0 Å². The van der Waals surface area contributed by atoms with Crippen molar-refractivity contribution in [3.8, 4) is 11.3 Å². The molecule has 2 N–H and O–H groups in total. The molecule has 1 atom stereocenters. The summed E-state index contributed by atoms with van der Waals surface area (Å²) >= 11 is 0. The summed E-state index contributed by atoms with van der Waals surface area (Å²) in [7, 11) is 8.24. The second-order valence-electron chi connectivity index (χ2n) is 7.29. The first-order chi connectivity index (χ1) is 13.1. The highest BCUT2D eigenvalue weighted by Crippen LogP contribution is 2.16. The molecule has 1 saturated heterocycles. The lowest BCUT2D eigenvalue weighted by Crippen LogP contribution is -2.55. The first-order valence-electron chi connectivity index (χ1n) is 9.46. The highest BCUT2D eigenvalue weighted by atomic mass is 127. The lowest BCUT2D eigenvalue weighted by molar-refractivity contribution is 0.116. The monoisotopic (exact) mass is 497 g/mol. The fourth-order valence-corrected chi connectivity index (χ4v) is 3.42. The third-order valence-electron chi connectivity index (χ3n) is 5.15. The van der Waals surface area contributed by atoms with Crippen molar-refractivity contribution in [2.45, 2.75) is 12.6 Å². The molecule has 0 saturated carbocycles. The van der Waals surface area contributed by atoms with Gasteiger partial charge in [-0.1, -0.05) is 30.3 Å². The lowest BCUT2D eigenvalue weighted by atomic mass is 10.2. The van der Waals surface area contributed by atoms with Crippen LogP contribution in [0.4, 0.5) is 0 Å². The van der Waals surface area contributed by atoms with Crippen LogP contribution in [0.15, 0.2) is 41.5 Å². The van der Waals surface area contributed by atoms with Gasteiger partial charge in [-0.3, -0.25) is 9.89 Å². The second kappa shape index (κ2) is 10.8. The quantitative estimate of drug-likeness (QED) is 0.376. The maximum absolute atomic E-state index is 4.53. The molecule has 1 aromatic heterocycles. The molecule has 0 radical (unpaired) electrons. The summed E-state index contributed by atoms with van der Waals surface area (Å²) in [6.07, 6.45) is 1.89. The Bertz CT molecular complexity index is 746. The molecule has 154 valence electrons. The van der Waals surface area contributed by atoms with E-state index in [-0.39, 0.29) is 24.0 Å². The lowest BCUT2D eigenvalue weighted by Gasteiger charge is -2.38. The molecular formula is C20H32IN7. The molecule has 1 aromatic carbocycles. The molecule has 8 heteroatoms. The molecule has 0 amide bonds. The van der Waals surface area contributed by atoms with Crippen molar-refractivity contribution < 1.29 is 0 Å². The molecule has 3 rings (SSSR count). The first kappa shape index (κ1) is 22.6. The van der Waals surface area contributed by atoms with Gasteiger partial charge in [0.2, 0.25) is 0 Å². The average molecular weight is 497 g/mol. The first-order valence-corrected chi connectivity index (χ1v) is 9.46. The van der Waals surface area contributed by atoms with Crippen LogP contribution in [0.3, 0.4) is 0 Å². The predicted octanol–water partition coefficient (Wildman–Crippen LogP) is 1.95. The highest BCUT2D eigenvalue weighted by Gasteiger charge is 2.22. The molecule has 1 aliphatic heterocycles. The number of aromatic nitrogens is 2. The number of likely N-dealkylation sites (N-methyl/N-ethyl adjacent to an activating group) is 2. The van der Waals surface area contributed by atoms with Gasteiger partial charge in [-0.25, -0.2) is 4.98 Å². The molecule has 1 unspecified atom stereocenters. The number of hydrogen-bond acceptors (Lipinski definition) is 4. The Labute approximate surface area is 185 Å². The molecular weight excluding hydrogens is 465 g/mol. The summed E-state index contributed by atoms with van der Waals surface area (Å²) in [6, 6.07) is 10.7. The summed E-state index contributed by atoms with van der Waals surface area (Å²) in [5.41, 5.74) is 2.18. The third-order valence-corrected chi connectivity index (χ3v) is 5.15. The fraction of sp³-hybridized carbons (Fsp3) is 0.500. The Hall–Kier alpha value is -1.65. The predicted molar refractivity (Wildman–Crippen MR) is 126 cm³/mol. The number of halogens is 1. The molecule has 0 aliphatic carbocycles. The zero-order chi connectivity index (χ0) is 19.2. The molecule has 1 aliphatic rings. The number of benzene rings is 1. The summed E-state index contributed by atoms with van der Waals surface area (Å²) in [6.45, 7) is 4.86. The van der Waals surface area contributed by atoms with Gasteiger partial charge >= 0.3 is 0 Å². The van der Waals surface area contributed by atoms with E-state index < -0.39 is 0 Å². The Kier molecular flexibility index (Phi) is 8.71. The van der Waals surface area contributed by atoms with E-state index in [1.807, 2.05) is 38.5 Å². The Morgan fingerprint density at radius 3 is 2.75 bits per heavy atom. The van der Waals surface area contributed by atoms with Gasteiger partial charge in [-0.05, 0) is 19.7 Å². The van der Waals surface area contributed by atoms with Gasteiger partial charge < -0.3 is 20.1 Å². The van der Waals surface area contributed by atoms with Crippen molar-refractivity contribution in [1.82, 2.24) is 30.0 Å². The van der Waals surface area contributed by atoms with Gasteiger partial charge in [0.25, 0.3) is 0 Å². The topological polar surface area (TPSA) is 62.8 Å². The van der Waals surface area contributed by atoms with Crippen molar-refractivity contribution in [2.75, 3.05) is 54.4 Å². The zero-order valence-corrected chi connectivity index (χ0v) is 19.6. The van der Waals surface area contributed by atoms with Gasteiger partial charge in [0.15, 0.2) is 5.96 Å². The van der Waals surface area contributed by atoms with E-state index in [1.165, 1.54) is 0 Å². The average Bonchev–Trinajstić information content (AvgIpc) is 3.14. The van der Waals surface area contributed by atoms with E-state index in [0.717, 1.165) is 49.2 Å². The fourth-order valence-electron chi connectivity index (χ4n) is 3.42. The van der Waals surface area contributed by atoms with Crippen molar-refractivity contribution >= 4 is 29.9 Å². The van der Waals surface area contributed by atoms with Crippen LogP contribution in [0.5, 0.6) is 0 Å². The van der Waals surface area contributed by atoms with E-state index in [0.29, 0.717) is 12.6 Å². The van der Waals surface area contributed by atoms with E-state index in [1.54, 1.807) is 0 Å². The van der Waals surface area contributed by atoms with Gasteiger partial charge in [0, 0.05) is 46.3 Å². The number of piperazine rings is 1. The van der Waals surface area contributed by atoms with Crippen LogP contribution < -0.4 is 5.32 Å². The minimum Gasteiger partial charge on any atom is -0.355 e. The van der Waals surface area contributed by atoms with Crippen LogP contribution in [0, 0.1) is 0 Å². The summed E-state index contributed by atoms with van der Waals surface area (Å²) in [5.74, 6) is 1.81. The van der Waals surface area contributed by atoms with Gasteiger partial charge in [0.05, 0.1) is 18.4 Å². The largest absolute Gasteiger partial charge is 0.355 e. The molecule has 28 heavy (non-hydrogen) atoms. The smallest absolute Gasteiger partial charge is 0.193 e. The second-order valence-corrected chi connectivity index (χ2v) is 7.29. The van der Waals surface area contributed by atoms with Gasteiger partial charge in [-0.15, -0.1) is 24.0 Å². The van der Waals surface area contributed by atoms with Crippen molar-refractivity contribution in [3.63, 3.8) is 0 Å². The number of rotatable bonds is 5. The summed E-state index contributed by atoms with van der Waals surface area (Å²) in [4.78, 5) is 19.3. The van der Waals surface area contributed by atoms with Crippen LogP contribution in [-0.4, -0.2) is 91.0 Å². The van der Waals surface area contributed by atoms with E-state index in [4.69, 9.17) is 0 Å². The Balaban J connectivity index is 0.00000280. The molecule has 7 nitrogen and oxygen atoms in total. The van der Waals surface area contributed by atoms with Crippen LogP contribution >= 0.6 is 24.0 Å². The standard InChI is InChI=1S/C20H31N7.HI/c1-21-20(23-12-17-14-25(2)10-11-26(17)3)27(4)15-19-22-13-18(24-19)16-8-6-5-7-9-16;/h5-9,13,17H,10-12,14-15H2,1-4H3,(H,21,23)(H,22,24);1H. The van der Waals surface area contributed by atoms with Crippen molar-refractivity contribution in [2.24, 2.45) is 4.99 Å². The number of nitrogens with one attached hydrogen (secondary N) is 2. The van der Waals surface area contributed by atoms with Crippen molar-refractivity contribution in [3.05, 3.63) is 42.4 Å². The van der Waals surface area contributed by atoms with Crippen LogP contribution in [0.2, 0.25) is 0 Å². The summed E-state index contributed by atoms with van der Waals surface area (Å²) < 4.78 is 0. The van der Waals surface area contributed by atoms with E-state index in [9.17, 15) is 0 Å². The third kappa shape index (κ3) is 5.92.